The fourth-order valence-corrected chi connectivity index (χ4v) is 1.65. The van der Waals surface area contributed by atoms with E-state index in [0.29, 0.717) is 0 Å². The zero-order chi connectivity index (χ0) is 14.0. The third kappa shape index (κ3) is 3.47. The molecule has 100 valence electrons. The summed E-state index contributed by atoms with van der Waals surface area (Å²) in [4.78, 5) is 7.51. The van der Waals surface area contributed by atoms with Crippen LogP contribution < -0.4 is 11.1 Å². The van der Waals surface area contributed by atoms with Crippen LogP contribution in [0.25, 0.3) is 0 Å². The van der Waals surface area contributed by atoms with Gasteiger partial charge in [0.2, 0.25) is 0 Å². The average Bonchev–Trinajstić information content (AvgIpc) is 2.26. The normalized spacial score (nSPS) is 11.4. The predicted octanol–water partition coefficient (Wildman–Crippen LogP) is 3.47. The van der Waals surface area contributed by atoms with Crippen molar-refractivity contribution in [3.8, 4) is 0 Å². The highest BCUT2D eigenvalue weighted by molar-refractivity contribution is 6.31. The Bertz CT molecular complexity index is 601. The number of rotatable bonds is 2. The van der Waals surface area contributed by atoms with E-state index in [1.54, 1.807) is 0 Å². The first-order chi connectivity index (χ1) is 8.84. The van der Waals surface area contributed by atoms with Crippen molar-refractivity contribution < 1.29 is 13.2 Å². The van der Waals surface area contributed by atoms with Crippen molar-refractivity contribution in [2.75, 3.05) is 11.1 Å². The largest absolute Gasteiger partial charge is 0.416 e. The summed E-state index contributed by atoms with van der Waals surface area (Å²) in [5.41, 5.74) is 4.77. The van der Waals surface area contributed by atoms with Crippen molar-refractivity contribution in [2.45, 2.75) is 6.18 Å². The van der Waals surface area contributed by atoms with Crippen LogP contribution in [0.15, 0.2) is 30.6 Å². The van der Waals surface area contributed by atoms with Crippen LogP contribution in [0.5, 0.6) is 0 Å². The molecule has 1 aromatic carbocycles. The lowest BCUT2D eigenvalue weighted by Crippen LogP contribution is -2.06. The number of hydrogen-bond donors (Lipinski definition) is 2. The quantitative estimate of drug-likeness (QED) is 0.888. The van der Waals surface area contributed by atoms with E-state index in [4.69, 9.17) is 17.3 Å². The first-order valence-electron chi connectivity index (χ1n) is 5.07. The number of nitrogens with zero attached hydrogens (tertiary/aromatic N) is 2. The molecule has 8 heteroatoms. The van der Waals surface area contributed by atoms with Crippen LogP contribution >= 0.6 is 11.6 Å². The molecule has 0 atom stereocenters. The summed E-state index contributed by atoms with van der Waals surface area (Å²) < 4.78 is 37.9. The first kappa shape index (κ1) is 13.4. The van der Waals surface area contributed by atoms with Crippen molar-refractivity contribution >= 4 is 28.9 Å². The Hall–Kier alpha value is -2.02. The molecule has 0 aliphatic carbocycles. The second kappa shape index (κ2) is 4.93. The lowest BCUT2D eigenvalue weighted by atomic mass is 10.2. The summed E-state index contributed by atoms with van der Waals surface area (Å²) in [5, 5.41) is 2.65. The van der Waals surface area contributed by atoms with Gasteiger partial charge in [0.05, 0.1) is 5.56 Å². The number of hydrogen-bond acceptors (Lipinski definition) is 4. The van der Waals surface area contributed by atoms with Gasteiger partial charge in [-0.25, -0.2) is 9.97 Å². The number of aromatic nitrogens is 2. The third-order valence-electron chi connectivity index (χ3n) is 2.19. The van der Waals surface area contributed by atoms with Gasteiger partial charge in [0, 0.05) is 16.8 Å². The molecule has 1 aromatic heterocycles. The molecule has 4 nitrogen and oxygen atoms in total. The Morgan fingerprint density at radius 1 is 1.11 bits per heavy atom. The summed E-state index contributed by atoms with van der Waals surface area (Å²) in [6.45, 7) is 0. The molecule has 0 saturated carbocycles. The third-order valence-corrected chi connectivity index (χ3v) is 2.40. The Balaban J connectivity index is 2.33. The molecule has 2 aromatic rings. The highest BCUT2D eigenvalue weighted by Crippen LogP contribution is 2.33. The van der Waals surface area contributed by atoms with Gasteiger partial charge < -0.3 is 11.1 Å². The van der Waals surface area contributed by atoms with Crippen molar-refractivity contribution in [2.24, 2.45) is 0 Å². The highest BCUT2D eigenvalue weighted by Gasteiger charge is 2.31. The van der Waals surface area contributed by atoms with E-state index in [-0.39, 0.29) is 22.3 Å². The standard InChI is InChI=1S/C11H8ClF3N4/c12-7-1-6(11(13,14)15)2-8(3-7)19-10-4-9(16)17-5-18-10/h1-5H,(H3,16,17,18,19). The number of nitrogen functional groups attached to an aromatic ring is 1. The molecule has 0 aliphatic rings. The Kier molecular flexibility index (Phi) is 3.48. The van der Waals surface area contributed by atoms with Gasteiger partial charge in [0.25, 0.3) is 0 Å². The maximum Gasteiger partial charge on any atom is 0.416 e. The zero-order valence-electron chi connectivity index (χ0n) is 9.37. The summed E-state index contributed by atoms with van der Waals surface area (Å²) in [6.07, 6.45) is -3.26. The Morgan fingerprint density at radius 2 is 1.84 bits per heavy atom. The van der Waals surface area contributed by atoms with Gasteiger partial charge in [-0.2, -0.15) is 13.2 Å². The van der Waals surface area contributed by atoms with Crippen molar-refractivity contribution in [1.29, 1.82) is 0 Å². The smallest absolute Gasteiger partial charge is 0.384 e. The monoisotopic (exact) mass is 288 g/mol. The van der Waals surface area contributed by atoms with Crippen LogP contribution in [0.3, 0.4) is 0 Å². The fraction of sp³-hybridized carbons (Fsp3) is 0.0909. The maximum absolute atomic E-state index is 12.6. The topological polar surface area (TPSA) is 63.8 Å². The molecule has 0 bridgehead atoms. The summed E-state index contributed by atoms with van der Waals surface area (Å²) in [6, 6.07) is 4.54. The van der Waals surface area contributed by atoms with Crippen molar-refractivity contribution in [3.05, 3.63) is 41.2 Å². The van der Waals surface area contributed by atoms with Crippen molar-refractivity contribution in [1.82, 2.24) is 9.97 Å². The number of alkyl halides is 3. The lowest BCUT2D eigenvalue weighted by Gasteiger charge is -2.11. The molecule has 1 heterocycles. The predicted molar refractivity (Wildman–Crippen MR) is 66.2 cm³/mol. The number of halogens is 4. The van der Waals surface area contributed by atoms with E-state index in [0.717, 1.165) is 12.1 Å². The van der Waals surface area contributed by atoms with Crippen LogP contribution in [0.1, 0.15) is 5.56 Å². The first-order valence-corrected chi connectivity index (χ1v) is 5.45. The second-order valence-corrected chi connectivity index (χ2v) is 4.12. The second-order valence-electron chi connectivity index (χ2n) is 3.68. The van der Waals surface area contributed by atoms with Gasteiger partial charge >= 0.3 is 6.18 Å². The average molecular weight is 289 g/mol. The number of benzene rings is 1. The minimum absolute atomic E-state index is 0.0284. The van der Waals surface area contributed by atoms with Gasteiger partial charge in [0.15, 0.2) is 0 Å². The molecule has 0 radical (unpaired) electrons. The molecule has 3 N–H and O–H groups in total. The molecular weight excluding hydrogens is 281 g/mol. The molecule has 0 fully saturated rings. The summed E-state index contributed by atoms with van der Waals surface area (Å²) >= 11 is 5.66. The van der Waals surface area contributed by atoms with Gasteiger partial charge in [-0.05, 0) is 18.2 Å². The van der Waals surface area contributed by atoms with Crippen LogP contribution in [-0.2, 0) is 6.18 Å². The van der Waals surface area contributed by atoms with Crippen molar-refractivity contribution in [3.63, 3.8) is 0 Å². The zero-order valence-corrected chi connectivity index (χ0v) is 10.1. The SMILES string of the molecule is Nc1cc(Nc2cc(Cl)cc(C(F)(F)F)c2)ncn1. The Labute approximate surface area is 111 Å². The molecule has 0 aliphatic heterocycles. The molecule has 0 spiro atoms. The van der Waals surface area contributed by atoms with Gasteiger partial charge in [0.1, 0.15) is 18.0 Å². The highest BCUT2D eigenvalue weighted by atomic mass is 35.5. The van der Waals surface area contributed by atoms with Gasteiger partial charge in [-0.15, -0.1) is 0 Å². The van der Waals surface area contributed by atoms with Crippen LogP contribution in [0.2, 0.25) is 5.02 Å². The Morgan fingerprint density at radius 3 is 2.47 bits per heavy atom. The molecule has 0 saturated heterocycles. The number of anilines is 3. The fourth-order valence-electron chi connectivity index (χ4n) is 1.41. The minimum Gasteiger partial charge on any atom is -0.384 e. The van der Waals surface area contributed by atoms with Gasteiger partial charge in [-0.3, -0.25) is 0 Å². The van der Waals surface area contributed by atoms with Gasteiger partial charge in [-0.1, -0.05) is 11.6 Å². The molecule has 0 unspecified atom stereocenters. The maximum atomic E-state index is 12.6. The van der Waals surface area contributed by atoms with E-state index in [9.17, 15) is 13.2 Å². The van der Waals surface area contributed by atoms with E-state index < -0.39 is 11.7 Å². The number of nitrogens with one attached hydrogen (secondary N) is 1. The minimum atomic E-state index is -4.47. The van der Waals surface area contributed by atoms with Crippen LogP contribution in [-0.4, -0.2) is 9.97 Å². The van der Waals surface area contributed by atoms with Crippen LogP contribution in [0.4, 0.5) is 30.5 Å². The summed E-state index contributed by atoms with van der Waals surface area (Å²) in [7, 11) is 0. The molecule has 0 amide bonds. The molecule has 2 rings (SSSR count). The van der Waals surface area contributed by atoms with Crippen LogP contribution in [0, 0.1) is 0 Å². The summed E-state index contributed by atoms with van der Waals surface area (Å²) in [5.74, 6) is 0.485. The van der Waals surface area contributed by atoms with E-state index >= 15 is 0 Å². The molecular formula is C11H8ClF3N4. The molecule has 19 heavy (non-hydrogen) atoms. The van der Waals surface area contributed by atoms with E-state index in [1.807, 2.05) is 0 Å². The number of nitrogens with two attached hydrogens (primary N) is 1. The van der Waals surface area contributed by atoms with E-state index in [2.05, 4.69) is 15.3 Å². The lowest BCUT2D eigenvalue weighted by molar-refractivity contribution is -0.137. The van der Waals surface area contributed by atoms with E-state index in [1.165, 1.54) is 18.5 Å².